The van der Waals surface area contributed by atoms with Gasteiger partial charge in [-0.25, -0.2) is 8.42 Å². The molecule has 2 aromatic rings. The highest BCUT2D eigenvalue weighted by Gasteiger charge is 2.45. The van der Waals surface area contributed by atoms with E-state index in [1.807, 2.05) is 59.5 Å². The van der Waals surface area contributed by atoms with Gasteiger partial charge in [-0.2, -0.15) is 0 Å². The Balaban J connectivity index is 1.32. The van der Waals surface area contributed by atoms with Gasteiger partial charge in [0.15, 0.2) is 0 Å². The summed E-state index contributed by atoms with van der Waals surface area (Å²) in [5.74, 6) is 0.947. The van der Waals surface area contributed by atoms with Gasteiger partial charge in [-0.15, -0.1) is 0 Å². The molecule has 0 spiro atoms. The Morgan fingerprint density at radius 3 is 2.33 bits per heavy atom. The van der Waals surface area contributed by atoms with Crippen LogP contribution in [0.2, 0.25) is 0 Å². The smallest absolute Gasteiger partial charge is 0.223 e. The number of fused-ring (bicyclic) bond motifs is 2. The van der Waals surface area contributed by atoms with E-state index >= 15 is 0 Å². The number of hydrogen-bond donors (Lipinski definition) is 0. The number of carbonyl (C=O) groups excluding carboxylic acids is 1. The molecule has 0 N–H and O–H groups in total. The van der Waals surface area contributed by atoms with Gasteiger partial charge >= 0.3 is 0 Å². The number of amides is 1. The molecule has 2 aliphatic rings. The summed E-state index contributed by atoms with van der Waals surface area (Å²) in [5, 5.41) is -0.294. The van der Waals surface area contributed by atoms with Gasteiger partial charge in [-0.3, -0.25) is 4.79 Å². The molecular weight excluding hydrogens is 398 g/mol. The number of benzene rings is 2. The summed E-state index contributed by atoms with van der Waals surface area (Å²) in [7, 11) is -3.04. The molecule has 2 fully saturated rings. The summed E-state index contributed by atoms with van der Waals surface area (Å²) in [6.45, 7) is 0.516. The Hall–Kier alpha value is -2.34. The molecule has 5 nitrogen and oxygen atoms in total. The van der Waals surface area contributed by atoms with Crippen LogP contribution >= 0.6 is 0 Å². The topological polar surface area (TPSA) is 63.7 Å². The number of ether oxygens (including phenoxy) is 1. The molecule has 0 radical (unpaired) electrons. The van der Waals surface area contributed by atoms with E-state index in [0.29, 0.717) is 32.3 Å². The maximum atomic E-state index is 12.9. The largest absolute Gasteiger partial charge is 0.489 e. The van der Waals surface area contributed by atoms with Crippen LogP contribution in [0.3, 0.4) is 0 Å². The van der Waals surface area contributed by atoms with Crippen LogP contribution in [0.4, 0.5) is 0 Å². The summed E-state index contributed by atoms with van der Waals surface area (Å²) >= 11 is 0. The van der Waals surface area contributed by atoms with Gasteiger partial charge in [0.2, 0.25) is 5.91 Å². The van der Waals surface area contributed by atoms with Crippen molar-refractivity contribution in [1.29, 1.82) is 0 Å². The molecule has 2 aliphatic heterocycles. The number of aryl methyl sites for hydroxylation is 1. The van der Waals surface area contributed by atoms with Crippen LogP contribution in [0.5, 0.6) is 5.75 Å². The van der Waals surface area contributed by atoms with Gasteiger partial charge < -0.3 is 9.64 Å². The van der Waals surface area contributed by atoms with Crippen molar-refractivity contribution in [3.63, 3.8) is 0 Å². The average Bonchev–Trinajstić information content (AvgIpc) is 3.00. The van der Waals surface area contributed by atoms with Crippen LogP contribution in [0.25, 0.3) is 0 Å². The minimum Gasteiger partial charge on any atom is -0.489 e. The van der Waals surface area contributed by atoms with Crippen LogP contribution in [0.1, 0.15) is 43.2 Å². The molecule has 0 aromatic heterocycles. The third-order valence-electron chi connectivity index (χ3n) is 6.36. The Labute approximate surface area is 179 Å². The predicted molar refractivity (Wildman–Crippen MR) is 117 cm³/mol. The van der Waals surface area contributed by atoms with E-state index in [1.54, 1.807) is 0 Å². The van der Waals surface area contributed by atoms with Gasteiger partial charge in [-0.05, 0) is 55.4 Å². The van der Waals surface area contributed by atoms with E-state index in [1.165, 1.54) is 6.26 Å². The van der Waals surface area contributed by atoms with Crippen molar-refractivity contribution in [2.75, 3.05) is 6.26 Å². The number of nitrogens with zero attached hydrogens (tertiary/aromatic N) is 1. The van der Waals surface area contributed by atoms with E-state index in [-0.39, 0.29) is 23.2 Å². The molecule has 160 valence electrons. The minimum absolute atomic E-state index is 0.0801. The fourth-order valence-corrected chi connectivity index (χ4v) is 5.94. The Morgan fingerprint density at radius 2 is 1.67 bits per heavy atom. The van der Waals surface area contributed by atoms with E-state index in [9.17, 15) is 13.2 Å². The zero-order valence-corrected chi connectivity index (χ0v) is 18.2. The molecule has 4 rings (SSSR count). The lowest BCUT2D eigenvalue weighted by molar-refractivity contribution is -0.135. The predicted octanol–water partition coefficient (Wildman–Crippen LogP) is 3.76. The van der Waals surface area contributed by atoms with Crippen molar-refractivity contribution in [2.45, 2.75) is 62.5 Å². The summed E-state index contributed by atoms with van der Waals surface area (Å²) in [5.41, 5.74) is 2.19. The lowest BCUT2D eigenvalue weighted by atomic mass is 10.0. The first-order valence-corrected chi connectivity index (χ1v) is 12.6. The number of hydrogen-bond acceptors (Lipinski definition) is 4. The fraction of sp³-hybridized carbons (Fsp3) is 0.458. The van der Waals surface area contributed by atoms with E-state index in [4.69, 9.17) is 4.74 Å². The van der Waals surface area contributed by atoms with Gasteiger partial charge in [0.05, 0.1) is 5.25 Å². The number of piperidine rings is 1. The Morgan fingerprint density at radius 1 is 1.00 bits per heavy atom. The van der Waals surface area contributed by atoms with E-state index < -0.39 is 9.84 Å². The number of carbonyl (C=O) groups is 1. The molecule has 2 saturated heterocycles. The third-order valence-corrected chi connectivity index (χ3v) is 7.95. The zero-order valence-electron chi connectivity index (χ0n) is 17.4. The monoisotopic (exact) mass is 427 g/mol. The number of sulfone groups is 1. The first kappa shape index (κ1) is 20.9. The molecule has 2 aromatic carbocycles. The molecule has 2 unspecified atom stereocenters. The van der Waals surface area contributed by atoms with E-state index in [2.05, 4.69) is 0 Å². The van der Waals surface area contributed by atoms with Crippen molar-refractivity contribution in [1.82, 2.24) is 4.90 Å². The standard InChI is InChI=1S/C24H29NO4S/c1-30(27,28)23-15-20-11-12-21(16-23)25(20)24(26)13-10-18-8-5-9-22(14-18)29-17-19-6-3-2-4-7-19/h2-9,14,20-21,23H,10-13,15-17H2,1H3. The minimum atomic E-state index is -3.04. The highest BCUT2D eigenvalue weighted by atomic mass is 32.2. The third kappa shape index (κ3) is 4.86. The lowest BCUT2D eigenvalue weighted by Gasteiger charge is -2.38. The highest BCUT2D eigenvalue weighted by Crippen LogP contribution is 2.38. The first-order chi connectivity index (χ1) is 14.4. The second-order valence-electron chi connectivity index (χ2n) is 8.53. The normalized spacial score (nSPS) is 23.4. The second kappa shape index (κ2) is 8.80. The summed E-state index contributed by atoms with van der Waals surface area (Å²) in [6, 6.07) is 18.1. The molecule has 2 atom stereocenters. The molecule has 0 aliphatic carbocycles. The number of rotatable bonds is 7. The first-order valence-electron chi connectivity index (χ1n) is 10.7. The van der Waals surface area contributed by atoms with Crippen LogP contribution < -0.4 is 4.74 Å². The van der Waals surface area contributed by atoms with Crippen molar-refractivity contribution in [2.24, 2.45) is 0 Å². The maximum absolute atomic E-state index is 12.9. The van der Waals surface area contributed by atoms with Crippen molar-refractivity contribution in [3.8, 4) is 5.75 Å². The van der Waals surface area contributed by atoms with Crippen LogP contribution in [0, 0.1) is 0 Å². The molecular formula is C24H29NO4S. The lowest BCUT2D eigenvalue weighted by Crippen LogP contribution is -2.49. The Kier molecular flexibility index (Phi) is 6.14. The summed E-state index contributed by atoms with van der Waals surface area (Å²) in [6.07, 6.45) is 5.44. The summed E-state index contributed by atoms with van der Waals surface area (Å²) < 4.78 is 29.8. The SMILES string of the molecule is CS(=O)(=O)C1CC2CCC(C1)N2C(=O)CCc1cccc(OCc2ccccc2)c1. The van der Waals surface area contributed by atoms with Gasteiger partial charge in [0.1, 0.15) is 22.2 Å². The van der Waals surface area contributed by atoms with E-state index in [0.717, 1.165) is 29.7 Å². The van der Waals surface area contributed by atoms with Crippen LogP contribution in [-0.2, 0) is 27.7 Å². The highest BCUT2D eigenvalue weighted by molar-refractivity contribution is 7.91. The second-order valence-corrected chi connectivity index (χ2v) is 10.9. The van der Waals surface area contributed by atoms with Gasteiger partial charge in [0, 0.05) is 24.8 Å². The van der Waals surface area contributed by atoms with Crippen molar-refractivity contribution < 1.29 is 17.9 Å². The quantitative estimate of drug-likeness (QED) is 0.675. The molecule has 30 heavy (non-hydrogen) atoms. The fourth-order valence-electron chi connectivity index (χ4n) is 4.80. The van der Waals surface area contributed by atoms with Crippen molar-refractivity contribution >= 4 is 15.7 Å². The zero-order chi connectivity index (χ0) is 21.1. The van der Waals surface area contributed by atoms with Crippen molar-refractivity contribution in [3.05, 3.63) is 65.7 Å². The Bertz CT molecular complexity index is 975. The van der Waals surface area contributed by atoms with Gasteiger partial charge in [-0.1, -0.05) is 42.5 Å². The molecule has 0 saturated carbocycles. The summed E-state index contributed by atoms with van der Waals surface area (Å²) in [4.78, 5) is 14.9. The maximum Gasteiger partial charge on any atom is 0.223 e. The van der Waals surface area contributed by atoms with Crippen LogP contribution in [-0.4, -0.2) is 42.8 Å². The molecule has 2 heterocycles. The molecule has 1 amide bonds. The average molecular weight is 428 g/mol. The van der Waals surface area contributed by atoms with Gasteiger partial charge in [0.25, 0.3) is 0 Å². The molecule has 2 bridgehead atoms. The van der Waals surface area contributed by atoms with Crippen LogP contribution in [0.15, 0.2) is 54.6 Å². The molecule has 6 heteroatoms.